The standard InChI is InChI=1S/C28H33NO12/c1-15(30)29-22(28(35)36-6)13-21-9-7-20(8-10-21)11-12-23-25(38-17(3)32)27(40-19(5)34)26(39-18(4)33)24(41-23)14-37-16(2)31/h7-10,22-27H,13-14H2,1-6H3,(H,29,30)/t22?,23-,24+,25-,26+,27+/m0/s1. The van der Waals surface area contributed by atoms with Gasteiger partial charge < -0.3 is 33.7 Å². The Labute approximate surface area is 237 Å². The van der Waals surface area contributed by atoms with Gasteiger partial charge in [-0.1, -0.05) is 24.0 Å². The van der Waals surface area contributed by atoms with E-state index in [1.807, 2.05) is 0 Å². The van der Waals surface area contributed by atoms with Gasteiger partial charge in [-0.15, -0.1) is 0 Å². The molecule has 0 aromatic heterocycles. The zero-order chi connectivity index (χ0) is 30.7. The van der Waals surface area contributed by atoms with E-state index in [-0.39, 0.29) is 18.9 Å². The fourth-order valence-corrected chi connectivity index (χ4v) is 4.04. The van der Waals surface area contributed by atoms with Gasteiger partial charge in [0.05, 0.1) is 7.11 Å². The molecule has 0 aliphatic carbocycles. The van der Waals surface area contributed by atoms with Crippen molar-refractivity contribution in [3.8, 4) is 11.8 Å². The molecule has 13 heteroatoms. The summed E-state index contributed by atoms with van der Waals surface area (Å²) >= 11 is 0. The molecule has 1 aliphatic rings. The molecule has 41 heavy (non-hydrogen) atoms. The molecule has 1 aliphatic heterocycles. The number of esters is 5. The molecular formula is C28H33NO12. The zero-order valence-corrected chi connectivity index (χ0v) is 23.6. The summed E-state index contributed by atoms with van der Waals surface area (Å²) in [5.41, 5.74) is 1.22. The second-order valence-electron chi connectivity index (χ2n) is 9.07. The number of carbonyl (C=O) groups is 6. The molecule has 1 heterocycles. The normalized spacial score (nSPS) is 22.0. The number of hydrogen-bond acceptors (Lipinski definition) is 12. The first-order chi connectivity index (χ1) is 19.3. The van der Waals surface area contributed by atoms with Gasteiger partial charge in [-0.25, -0.2) is 4.79 Å². The SMILES string of the molecule is COC(=O)C(Cc1ccc(C#C[C@@H]2O[C@H](COC(C)=O)[C@@H](OC(C)=O)[C@H](OC(C)=O)[C@H]2OC(C)=O)cc1)NC(C)=O. The third kappa shape index (κ3) is 10.6. The van der Waals surface area contributed by atoms with Crippen LogP contribution in [-0.2, 0) is 63.6 Å². The van der Waals surface area contributed by atoms with Crippen molar-refractivity contribution in [1.29, 1.82) is 0 Å². The monoisotopic (exact) mass is 575 g/mol. The number of carbonyl (C=O) groups excluding carboxylic acids is 6. The average Bonchev–Trinajstić information content (AvgIpc) is 2.88. The summed E-state index contributed by atoms with van der Waals surface area (Å²) in [5.74, 6) is 1.93. The minimum atomic E-state index is -1.32. The molecule has 0 radical (unpaired) electrons. The van der Waals surface area contributed by atoms with E-state index in [4.69, 9.17) is 28.4 Å². The van der Waals surface area contributed by atoms with Gasteiger partial charge in [0, 0.05) is 46.6 Å². The molecule has 1 aromatic rings. The van der Waals surface area contributed by atoms with Gasteiger partial charge in [-0.05, 0) is 17.7 Å². The van der Waals surface area contributed by atoms with E-state index in [1.165, 1.54) is 21.0 Å². The fraction of sp³-hybridized carbons (Fsp3) is 0.500. The van der Waals surface area contributed by atoms with Crippen molar-refractivity contribution in [1.82, 2.24) is 5.32 Å². The predicted octanol–water partition coefficient (Wildman–Crippen LogP) is 0.384. The number of benzene rings is 1. The highest BCUT2D eigenvalue weighted by atomic mass is 16.7. The molecule has 0 bridgehead atoms. The summed E-state index contributed by atoms with van der Waals surface area (Å²) < 4.78 is 31.9. The van der Waals surface area contributed by atoms with Gasteiger partial charge in [0.25, 0.3) is 0 Å². The van der Waals surface area contributed by atoms with Crippen LogP contribution in [0, 0.1) is 11.8 Å². The Morgan fingerprint density at radius 3 is 1.90 bits per heavy atom. The van der Waals surface area contributed by atoms with Crippen molar-refractivity contribution in [2.75, 3.05) is 13.7 Å². The van der Waals surface area contributed by atoms with E-state index >= 15 is 0 Å². The van der Waals surface area contributed by atoms with Crippen LogP contribution in [0.4, 0.5) is 0 Å². The maximum atomic E-state index is 12.0. The first-order valence-corrected chi connectivity index (χ1v) is 12.6. The summed E-state index contributed by atoms with van der Waals surface area (Å²) in [6.07, 6.45) is -5.99. The zero-order valence-electron chi connectivity index (χ0n) is 23.6. The van der Waals surface area contributed by atoms with Gasteiger partial charge in [0.1, 0.15) is 18.8 Å². The van der Waals surface area contributed by atoms with E-state index < -0.39 is 66.4 Å². The number of rotatable bonds is 9. The van der Waals surface area contributed by atoms with E-state index in [1.54, 1.807) is 24.3 Å². The van der Waals surface area contributed by atoms with E-state index in [0.717, 1.165) is 20.8 Å². The summed E-state index contributed by atoms with van der Waals surface area (Å²) in [6, 6.07) is 5.86. The highest BCUT2D eigenvalue weighted by Gasteiger charge is 2.51. The molecule has 2 rings (SSSR count). The summed E-state index contributed by atoms with van der Waals surface area (Å²) in [6.45, 7) is 5.52. The van der Waals surface area contributed by atoms with Crippen LogP contribution in [-0.4, -0.2) is 86.0 Å². The topological polar surface area (TPSA) is 170 Å². The molecule has 0 spiro atoms. The molecular weight excluding hydrogens is 542 g/mol. The molecule has 1 N–H and O–H groups in total. The van der Waals surface area contributed by atoms with E-state index in [9.17, 15) is 28.8 Å². The van der Waals surface area contributed by atoms with Crippen LogP contribution in [0.1, 0.15) is 45.7 Å². The summed E-state index contributed by atoms with van der Waals surface area (Å²) in [5, 5.41) is 2.54. The van der Waals surface area contributed by atoms with Crippen LogP contribution in [0.2, 0.25) is 0 Å². The molecule has 6 atom stereocenters. The smallest absolute Gasteiger partial charge is 0.328 e. The minimum Gasteiger partial charge on any atom is -0.467 e. The van der Waals surface area contributed by atoms with Crippen LogP contribution in [0.5, 0.6) is 0 Å². The van der Waals surface area contributed by atoms with Gasteiger partial charge in [-0.3, -0.25) is 24.0 Å². The molecule has 1 unspecified atom stereocenters. The summed E-state index contributed by atoms with van der Waals surface area (Å²) in [7, 11) is 1.23. The number of amides is 1. The Hall–Kier alpha value is -4.44. The first-order valence-electron chi connectivity index (χ1n) is 12.6. The Bertz CT molecular complexity index is 1200. The lowest BCUT2D eigenvalue weighted by molar-refractivity contribution is -0.242. The predicted molar refractivity (Wildman–Crippen MR) is 139 cm³/mol. The number of nitrogens with one attached hydrogen (secondary N) is 1. The lowest BCUT2D eigenvalue weighted by Gasteiger charge is -2.42. The molecule has 1 saturated heterocycles. The second-order valence-corrected chi connectivity index (χ2v) is 9.07. The van der Waals surface area contributed by atoms with Crippen LogP contribution in [0.15, 0.2) is 24.3 Å². The third-order valence-corrected chi connectivity index (χ3v) is 5.61. The molecule has 1 aromatic carbocycles. The van der Waals surface area contributed by atoms with Crippen molar-refractivity contribution in [3.05, 3.63) is 35.4 Å². The van der Waals surface area contributed by atoms with Crippen molar-refractivity contribution in [3.63, 3.8) is 0 Å². The summed E-state index contributed by atoms with van der Waals surface area (Å²) in [4.78, 5) is 70.6. The van der Waals surface area contributed by atoms with E-state index in [0.29, 0.717) is 11.1 Å². The van der Waals surface area contributed by atoms with Crippen molar-refractivity contribution < 1.29 is 57.2 Å². The van der Waals surface area contributed by atoms with Crippen LogP contribution >= 0.6 is 0 Å². The Morgan fingerprint density at radius 1 is 0.829 bits per heavy atom. The molecule has 222 valence electrons. The maximum absolute atomic E-state index is 12.0. The molecule has 1 amide bonds. The van der Waals surface area contributed by atoms with Crippen LogP contribution < -0.4 is 5.32 Å². The Kier molecular flexibility index (Phi) is 12.3. The van der Waals surface area contributed by atoms with Gasteiger partial charge >= 0.3 is 29.8 Å². The average molecular weight is 576 g/mol. The quantitative estimate of drug-likeness (QED) is 0.244. The van der Waals surface area contributed by atoms with Crippen molar-refractivity contribution >= 4 is 35.8 Å². The number of ether oxygens (including phenoxy) is 6. The van der Waals surface area contributed by atoms with Crippen LogP contribution in [0.3, 0.4) is 0 Å². The number of methoxy groups -OCH3 is 1. The lowest BCUT2D eigenvalue weighted by Crippen LogP contribution is -2.62. The largest absolute Gasteiger partial charge is 0.467 e. The van der Waals surface area contributed by atoms with Crippen molar-refractivity contribution in [2.45, 2.75) is 77.6 Å². The van der Waals surface area contributed by atoms with Crippen LogP contribution in [0.25, 0.3) is 0 Å². The maximum Gasteiger partial charge on any atom is 0.328 e. The molecule has 0 saturated carbocycles. The molecule has 1 fully saturated rings. The molecule has 13 nitrogen and oxygen atoms in total. The third-order valence-electron chi connectivity index (χ3n) is 5.61. The van der Waals surface area contributed by atoms with Gasteiger partial charge in [0.15, 0.2) is 24.4 Å². The lowest BCUT2D eigenvalue weighted by atomic mass is 9.94. The van der Waals surface area contributed by atoms with Gasteiger partial charge in [0.2, 0.25) is 5.91 Å². The fourth-order valence-electron chi connectivity index (χ4n) is 4.04. The number of hydrogen-bond donors (Lipinski definition) is 1. The van der Waals surface area contributed by atoms with Crippen molar-refractivity contribution in [2.24, 2.45) is 0 Å². The Morgan fingerprint density at radius 2 is 1.39 bits per heavy atom. The minimum absolute atomic E-state index is 0.180. The highest BCUT2D eigenvalue weighted by Crippen LogP contribution is 2.29. The van der Waals surface area contributed by atoms with E-state index in [2.05, 4.69) is 17.2 Å². The highest BCUT2D eigenvalue weighted by molar-refractivity contribution is 5.83. The van der Waals surface area contributed by atoms with Gasteiger partial charge in [-0.2, -0.15) is 0 Å². The second kappa shape index (κ2) is 15.4. The first kappa shape index (κ1) is 32.8. The Balaban J connectivity index is 2.39.